The molecule has 1 unspecified atom stereocenters. The van der Waals surface area contributed by atoms with Gasteiger partial charge in [0.05, 0.1) is 6.04 Å². The third-order valence-electron chi connectivity index (χ3n) is 2.37. The van der Waals surface area contributed by atoms with Crippen molar-refractivity contribution in [3.05, 3.63) is 0 Å². The molecule has 0 fully saturated rings. The Bertz CT molecular complexity index is 200. The summed E-state index contributed by atoms with van der Waals surface area (Å²) in [7, 11) is 1.65. The van der Waals surface area contributed by atoms with E-state index in [0.717, 1.165) is 12.8 Å². The van der Waals surface area contributed by atoms with E-state index < -0.39 is 6.04 Å². The van der Waals surface area contributed by atoms with Crippen LogP contribution in [0.15, 0.2) is 0 Å². The maximum Gasteiger partial charge on any atom is 0.236 e. The van der Waals surface area contributed by atoms with E-state index in [0.29, 0.717) is 19.6 Å². The standard InChI is InChI=1S/C12H26N2O2/c1-12(2,3)7-8-14-11(15)10(13)6-5-9-16-4/h10H,5-9,13H2,1-4H3,(H,14,15). The van der Waals surface area contributed by atoms with E-state index in [1.54, 1.807) is 7.11 Å². The molecule has 0 aliphatic heterocycles. The van der Waals surface area contributed by atoms with Gasteiger partial charge in [-0.15, -0.1) is 0 Å². The Morgan fingerprint density at radius 3 is 2.56 bits per heavy atom. The highest BCUT2D eigenvalue weighted by atomic mass is 16.5. The van der Waals surface area contributed by atoms with Gasteiger partial charge in [0, 0.05) is 20.3 Å². The van der Waals surface area contributed by atoms with Crippen LogP contribution >= 0.6 is 0 Å². The second-order valence-corrected chi connectivity index (χ2v) is 5.34. The van der Waals surface area contributed by atoms with E-state index >= 15 is 0 Å². The van der Waals surface area contributed by atoms with Crippen LogP contribution < -0.4 is 11.1 Å². The molecule has 0 rings (SSSR count). The Kier molecular flexibility index (Phi) is 7.34. The van der Waals surface area contributed by atoms with Crippen molar-refractivity contribution >= 4 is 5.91 Å². The first-order valence-corrected chi connectivity index (χ1v) is 5.89. The number of nitrogens with one attached hydrogen (secondary N) is 1. The molecule has 0 saturated carbocycles. The summed E-state index contributed by atoms with van der Waals surface area (Å²) in [4.78, 5) is 11.5. The van der Waals surface area contributed by atoms with Crippen LogP contribution in [0, 0.1) is 5.41 Å². The largest absolute Gasteiger partial charge is 0.385 e. The van der Waals surface area contributed by atoms with Gasteiger partial charge in [0.2, 0.25) is 5.91 Å². The maximum atomic E-state index is 11.5. The van der Waals surface area contributed by atoms with Crippen molar-refractivity contribution in [3.8, 4) is 0 Å². The van der Waals surface area contributed by atoms with Crippen LogP contribution in [0.3, 0.4) is 0 Å². The van der Waals surface area contributed by atoms with Gasteiger partial charge in [-0.3, -0.25) is 4.79 Å². The molecule has 0 heterocycles. The maximum absolute atomic E-state index is 11.5. The topological polar surface area (TPSA) is 64.3 Å². The van der Waals surface area contributed by atoms with Gasteiger partial charge in [-0.1, -0.05) is 20.8 Å². The number of carbonyl (C=O) groups excluding carboxylic acids is 1. The van der Waals surface area contributed by atoms with Crippen LogP contribution in [0.25, 0.3) is 0 Å². The lowest BCUT2D eigenvalue weighted by Crippen LogP contribution is -2.41. The summed E-state index contributed by atoms with van der Waals surface area (Å²) in [5, 5.41) is 2.86. The van der Waals surface area contributed by atoms with Gasteiger partial charge >= 0.3 is 0 Å². The van der Waals surface area contributed by atoms with E-state index in [9.17, 15) is 4.79 Å². The molecule has 0 aliphatic rings. The summed E-state index contributed by atoms with van der Waals surface area (Å²) in [5.74, 6) is -0.0552. The number of hydrogen-bond donors (Lipinski definition) is 2. The Morgan fingerprint density at radius 2 is 2.06 bits per heavy atom. The predicted octanol–water partition coefficient (Wildman–Crippen LogP) is 1.29. The van der Waals surface area contributed by atoms with Crippen LogP contribution in [0.5, 0.6) is 0 Å². The number of hydrogen-bond acceptors (Lipinski definition) is 3. The number of methoxy groups -OCH3 is 1. The third-order valence-corrected chi connectivity index (χ3v) is 2.37. The summed E-state index contributed by atoms with van der Waals surface area (Å²) in [6.07, 6.45) is 2.46. The van der Waals surface area contributed by atoms with E-state index in [-0.39, 0.29) is 11.3 Å². The summed E-state index contributed by atoms with van der Waals surface area (Å²) in [6.45, 7) is 7.80. The zero-order valence-corrected chi connectivity index (χ0v) is 11.0. The first-order valence-electron chi connectivity index (χ1n) is 5.89. The average Bonchev–Trinajstić information content (AvgIpc) is 2.15. The molecule has 0 bridgehead atoms. The number of carbonyl (C=O) groups is 1. The summed E-state index contributed by atoms with van der Waals surface area (Å²) in [5.41, 5.74) is 5.98. The van der Waals surface area contributed by atoms with Crippen molar-refractivity contribution in [2.24, 2.45) is 11.1 Å². The van der Waals surface area contributed by atoms with E-state index in [1.807, 2.05) is 0 Å². The molecule has 1 amide bonds. The lowest BCUT2D eigenvalue weighted by molar-refractivity contribution is -0.122. The highest BCUT2D eigenvalue weighted by Gasteiger charge is 2.14. The molecule has 4 nitrogen and oxygen atoms in total. The number of ether oxygens (including phenoxy) is 1. The molecule has 0 spiro atoms. The second-order valence-electron chi connectivity index (χ2n) is 5.34. The van der Waals surface area contributed by atoms with E-state index in [2.05, 4.69) is 26.1 Å². The first-order chi connectivity index (χ1) is 7.37. The molecular weight excluding hydrogens is 204 g/mol. The molecule has 1 atom stereocenters. The lowest BCUT2D eigenvalue weighted by Gasteiger charge is -2.19. The van der Waals surface area contributed by atoms with Crippen molar-refractivity contribution < 1.29 is 9.53 Å². The molecule has 3 N–H and O–H groups in total. The zero-order chi connectivity index (χ0) is 12.6. The van der Waals surface area contributed by atoms with Gasteiger partial charge in [0.15, 0.2) is 0 Å². The number of nitrogens with two attached hydrogens (primary N) is 1. The zero-order valence-electron chi connectivity index (χ0n) is 11.0. The van der Waals surface area contributed by atoms with Crippen LogP contribution in [-0.2, 0) is 9.53 Å². The summed E-state index contributed by atoms with van der Waals surface area (Å²) in [6, 6.07) is -0.407. The molecule has 16 heavy (non-hydrogen) atoms. The molecule has 0 aromatic carbocycles. The summed E-state index contributed by atoms with van der Waals surface area (Å²) < 4.78 is 4.91. The molecule has 4 heteroatoms. The Hall–Kier alpha value is -0.610. The second kappa shape index (κ2) is 7.63. The SMILES string of the molecule is COCCCC(N)C(=O)NCCC(C)(C)C. The fourth-order valence-corrected chi connectivity index (χ4v) is 1.27. The highest BCUT2D eigenvalue weighted by Crippen LogP contribution is 2.16. The normalized spacial score (nSPS) is 13.6. The fourth-order valence-electron chi connectivity index (χ4n) is 1.27. The Labute approximate surface area is 98.9 Å². The van der Waals surface area contributed by atoms with Crippen molar-refractivity contribution in [2.45, 2.75) is 46.1 Å². The first kappa shape index (κ1) is 15.4. The molecule has 0 aromatic heterocycles. The molecular formula is C12H26N2O2. The van der Waals surface area contributed by atoms with Crippen molar-refractivity contribution in [3.63, 3.8) is 0 Å². The Morgan fingerprint density at radius 1 is 1.44 bits per heavy atom. The molecule has 0 aromatic rings. The minimum atomic E-state index is -0.407. The third kappa shape index (κ3) is 8.68. The van der Waals surface area contributed by atoms with Crippen molar-refractivity contribution in [1.29, 1.82) is 0 Å². The molecule has 0 saturated heterocycles. The minimum Gasteiger partial charge on any atom is -0.385 e. The summed E-state index contributed by atoms with van der Waals surface area (Å²) >= 11 is 0. The van der Waals surface area contributed by atoms with Gasteiger partial charge < -0.3 is 15.8 Å². The Balaban J connectivity index is 3.63. The lowest BCUT2D eigenvalue weighted by atomic mass is 9.92. The van der Waals surface area contributed by atoms with Crippen LogP contribution in [0.4, 0.5) is 0 Å². The van der Waals surface area contributed by atoms with E-state index in [4.69, 9.17) is 10.5 Å². The molecule has 0 radical (unpaired) electrons. The number of amides is 1. The van der Waals surface area contributed by atoms with Gasteiger partial charge in [0.1, 0.15) is 0 Å². The minimum absolute atomic E-state index is 0.0552. The van der Waals surface area contributed by atoms with Gasteiger partial charge in [0.25, 0.3) is 0 Å². The average molecular weight is 230 g/mol. The fraction of sp³-hybridized carbons (Fsp3) is 0.917. The predicted molar refractivity (Wildman–Crippen MR) is 66.2 cm³/mol. The molecule has 96 valence electrons. The number of rotatable bonds is 7. The van der Waals surface area contributed by atoms with Gasteiger partial charge in [-0.05, 0) is 24.7 Å². The van der Waals surface area contributed by atoms with Crippen LogP contribution in [-0.4, -0.2) is 32.2 Å². The van der Waals surface area contributed by atoms with Crippen LogP contribution in [0.1, 0.15) is 40.0 Å². The van der Waals surface area contributed by atoms with Crippen molar-refractivity contribution in [2.75, 3.05) is 20.3 Å². The quantitative estimate of drug-likeness (QED) is 0.648. The van der Waals surface area contributed by atoms with Crippen molar-refractivity contribution in [1.82, 2.24) is 5.32 Å². The van der Waals surface area contributed by atoms with Crippen LogP contribution in [0.2, 0.25) is 0 Å². The van der Waals surface area contributed by atoms with E-state index in [1.165, 1.54) is 0 Å². The van der Waals surface area contributed by atoms with Gasteiger partial charge in [-0.25, -0.2) is 0 Å². The molecule has 0 aliphatic carbocycles. The smallest absolute Gasteiger partial charge is 0.236 e. The monoisotopic (exact) mass is 230 g/mol. The van der Waals surface area contributed by atoms with Gasteiger partial charge in [-0.2, -0.15) is 0 Å². The highest BCUT2D eigenvalue weighted by molar-refractivity contribution is 5.81.